The van der Waals surface area contributed by atoms with Gasteiger partial charge in [-0.05, 0) is 47.3 Å². The fourth-order valence-corrected chi connectivity index (χ4v) is 4.09. The van der Waals surface area contributed by atoms with E-state index in [0.717, 1.165) is 12.6 Å². The second-order valence-corrected chi connectivity index (χ2v) is 7.57. The Balaban J connectivity index is 1.88. The van der Waals surface area contributed by atoms with Gasteiger partial charge in [-0.1, -0.05) is 13.8 Å². The Hall–Kier alpha value is 0.1000. The van der Waals surface area contributed by atoms with Crippen molar-refractivity contribution in [2.45, 2.75) is 45.2 Å². The average Bonchev–Trinajstić information content (AvgIpc) is 2.81. The Morgan fingerprint density at radius 1 is 1.39 bits per heavy atom. The van der Waals surface area contributed by atoms with Gasteiger partial charge in [0, 0.05) is 36.6 Å². The van der Waals surface area contributed by atoms with Crippen LogP contribution in [0.1, 0.15) is 31.6 Å². The summed E-state index contributed by atoms with van der Waals surface area (Å²) >= 11 is 5.41. The van der Waals surface area contributed by atoms with E-state index < -0.39 is 0 Å². The van der Waals surface area contributed by atoms with E-state index in [2.05, 4.69) is 52.1 Å². The molecule has 2 rings (SSSR count). The number of halogens is 1. The van der Waals surface area contributed by atoms with E-state index in [1.54, 1.807) is 0 Å². The number of rotatable bonds is 5. The Labute approximate surface area is 123 Å². The molecular formula is C14H23BrN2S. The van der Waals surface area contributed by atoms with Crippen molar-refractivity contribution in [1.29, 1.82) is 0 Å². The van der Waals surface area contributed by atoms with Crippen molar-refractivity contribution in [1.82, 2.24) is 10.2 Å². The standard InChI is InChI=1S/C14H23BrN2S/c1-3-11-10-17(12(4-2)9-16-11)8-7-13-5-6-14(15)18-13/h5-6,11-12,16H,3-4,7-10H2,1-2H3. The minimum absolute atomic E-state index is 0.683. The summed E-state index contributed by atoms with van der Waals surface area (Å²) in [6, 6.07) is 5.80. The van der Waals surface area contributed by atoms with Crippen LogP contribution in [-0.4, -0.2) is 36.6 Å². The summed E-state index contributed by atoms with van der Waals surface area (Å²) in [6.07, 6.45) is 3.66. The molecule has 1 aromatic heterocycles. The zero-order valence-electron chi connectivity index (χ0n) is 11.3. The lowest BCUT2D eigenvalue weighted by Crippen LogP contribution is -2.56. The van der Waals surface area contributed by atoms with E-state index in [-0.39, 0.29) is 0 Å². The van der Waals surface area contributed by atoms with Crippen molar-refractivity contribution in [2.24, 2.45) is 0 Å². The van der Waals surface area contributed by atoms with E-state index in [4.69, 9.17) is 0 Å². The maximum absolute atomic E-state index is 3.66. The summed E-state index contributed by atoms with van der Waals surface area (Å²) in [4.78, 5) is 4.17. The monoisotopic (exact) mass is 330 g/mol. The summed E-state index contributed by atoms with van der Waals surface area (Å²) in [6.45, 7) is 8.14. The molecule has 102 valence electrons. The summed E-state index contributed by atoms with van der Waals surface area (Å²) in [5.41, 5.74) is 0. The van der Waals surface area contributed by atoms with E-state index in [9.17, 15) is 0 Å². The molecule has 1 aliphatic heterocycles. The van der Waals surface area contributed by atoms with Gasteiger partial charge in [0.1, 0.15) is 0 Å². The first-order valence-corrected chi connectivity index (χ1v) is 8.55. The minimum atomic E-state index is 0.683. The third-order valence-electron chi connectivity index (χ3n) is 3.85. The highest BCUT2D eigenvalue weighted by atomic mass is 79.9. The minimum Gasteiger partial charge on any atom is -0.311 e. The number of nitrogens with one attached hydrogen (secondary N) is 1. The van der Waals surface area contributed by atoms with Crippen molar-refractivity contribution < 1.29 is 0 Å². The maximum atomic E-state index is 3.66. The van der Waals surface area contributed by atoms with E-state index in [0.29, 0.717) is 6.04 Å². The third-order valence-corrected chi connectivity index (χ3v) is 5.54. The number of hydrogen-bond acceptors (Lipinski definition) is 3. The molecule has 0 aromatic carbocycles. The highest BCUT2D eigenvalue weighted by Crippen LogP contribution is 2.23. The SMILES string of the molecule is CCC1CN(CCc2ccc(Br)s2)C(CC)CN1. The number of hydrogen-bond donors (Lipinski definition) is 1. The van der Waals surface area contributed by atoms with Crippen LogP contribution in [0, 0.1) is 0 Å². The van der Waals surface area contributed by atoms with Gasteiger partial charge in [0.05, 0.1) is 3.79 Å². The predicted octanol–water partition coefficient (Wildman–Crippen LogP) is 3.52. The van der Waals surface area contributed by atoms with Crippen molar-refractivity contribution in [3.8, 4) is 0 Å². The molecule has 1 aliphatic rings. The van der Waals surface area contributed by atoms with Crippen LogP contribution in [0.3, 0.4) is 0 Å². The summed E-state index contributed by atoms with van der Waals surface area (Å²) < 4.78 is 1.25. The van der Waals surface area contributed by atoms with Crippen molar-refractivity contribution in [2.75, 3.05) is 19.6 Å². The van der Waals surface area contributed by atoms with Crippen molar-refractivity contribution in [3.63, 3.8) is 0 Å². The number of nitrogens with zero attached hydrogens (tertiary/aromatic N) is 1. The van der Waals surface area contributed by atoms with Crippen LogP contribution in [0.5, 0.6) is 0 Å². The third kappa shape index (κ3) is 3.80. The molecular weight excluding hydrogens is 308 g/mol. The summed E-state index contributed by atoms with van der Waals surface area (Å²) in [7, 11) is 0. The molecule has 4 heteroatoms. The summed E-state index contributed by atoms with van der Waals surface area (Å²) in [5.74, 6) is 0. The molecule has 1 N–H and O–H groups in total. The topological polar surface area (TPSA) is 15.3 Å². The molecule has 2 atom stereocenters. The maximum Gasteiger partial charge on any atom is 0.0701 e. The van der Waals surface area contributed by atoms with Crippen LogP contribution in [0.4, 0.5) is 0 Å². The molecule has 2 nitrogen and oxygen atoms in total. The molecule has 2 heterocycles. The molecule has 2 unspecified atom stereocenters. The zero-order valence-corrected chi connectivity index (χ0v) is 13.7. The van der Waals surface area contributed by atoms with Gasteiger partial charge in [0.25, 0.3) is 0 Å². The Kier molecular flexibility index (Phi) is 5.67. The van der Waals surface area contributed by atoms with Gasteiger partial charge < -0.3 is 5.32 Å². The van der Waals surface area contributed by atoms with Gasteiger partial charge in [-0.2, -0.15) is 0 Å². The molecule has 0 spiro atoms. The molecule has 0 saturated carbocycles. The molecule has 0 bridgehead atoms. The molecule has 1 aromatic rings. The molecule has 0 radical (unpaired) electrons. The Bertz CT molecular complexity index is 366. The van der Waals surface area contributed by atoms with E-state index >= 15 is 0 Å². The van der Waals surface area contributed by atoms with Gasteiger partial charge in [-0.3, -0.25) is 4.90 Å². The van der Waals surface area contributed by atoms with Crippen LogP contribution < -0.4 is 5.32 Å². The second kappa shape index (κ2) is 7.04. The first-order valence-electron chi connectivity index (χ1n) is 6.94. The molecule has 1 fully saturated rings. The molecule has 18 heavy (non-hydrogen) atoms. The molecule has 0 aliphatic carbocycles. The van der Waals surface area contributed by atoms with Crippen molar-refractivity contribution in [3.05, 3.63) is 20.8 Å². The number of piperazine rings is 1. The van der Waals surface area contributed by atoms with Crippen molar-refractivity contribution >= 4 is 27.3 Å². The normalized spacial score (nSPS) is 25.5. The lowest BCUT2D eigenvalue weighted by Gasteiger charge is -2.40. The first-order chi connectivity index (χ1) is 8.72. The quantitative estimate of drug-likeness (QED) is 0.888. The average molecular weight is 331 g/mol. The van der Waals surface area contributed by atoms with Gasteiger partial charge in [-0.25, -0.2) is 0 Å². The fourth-order valence-electron chi connectivity index (χ4n) is 2.62. The van der Waals surface area contributed by atoms with Crippen LogP contribution in [0.15, 0.2) is 15.9 Å². The highest BCUT2D eigenvalue weighted by molar-refractivity contribution is 9.11. The van der Waals surface area contributed by atoms with Gasteiger partial charge >= 0.3 is 0 Å². The van der Waals surface area contributed by atoms with E-state index in [1.165, 1.54) is 41.0 Å². The van der Waals surface area contributed by atoms with E-state index in [1.807, 2.05) is 11.3 Å². The smallest absolute Gasteiger partial charge is 0.0701 e. The van der Waals surface area contributed by atoms with Gasteiger partial charge in [0.15, 0.2) is 0 Å². The Morgan fingerprint density at radius 3 is 2.83 bits per heavy atom. The second-order valence-electron chi connectivity index (χ2n) is 5.03. The predicted molar refractivity (Wildman–Crippen MR) is 83.5 cm³/mol. The number of thiophene rings is 1. The fraction of sp³-hybridized carbons (Fsp3) is 0.714. The molecule has 1 saturated heterocycles. The van der Waals surface area contributed by atoms with Crippen LogP contribution in [-0.2, 0) is 6.42 Å². The lowest BCUT2D eigenvalue weighted by atomic mass is 10.0. The van der Waals surface area contributed by atoms with Crippen LogP contribution >= 0.6 is 27.3 Å². The van der Waals surface area contributed by atoms with Crippen LogP contribution in [0.2, 0.25) is 0 Å². The van der Waals surface area contributed by atoms with Gasteiger partial charge in [0.2, 0.25) is 0 Å². The first kappa shape index (κ1) is 14.5. The highest BCUT2D eigenvalue weighted by Gasteiger charge is 2.25. The largest absolute Gasteiger partial charge is 0.311 e. The Morgan fingerprint density at radius 2 is 2.22 bits per heavy atom. The zero-order chi connectivity index (χ0) is 13.0. The van der Waals surface area contributed by atoms with Gasteiger partial charge in [-0.15, -0.1) is 11.3 Å². The lowest BCUT2D eigenvalue weighted by molar-refractivity contribution is 0.127. The molecule has 0 amide bonds. The summed E-state index contributed by atoms with van der Waals surface area (Å²) in [5, 5.41) is 3.66. The van der Waals surface area contributed by atoms with Crippen LogP contribution in [0.25, 0.3) is 0 Å².